The van der Waals surface area contributed by atoms with Crippen LogP contribution >= 0.6 is 11.3 Å². The third-order valence-corrected chi connectivity index (χ3v) is 3.82. The van der Waals surface area contributed by atoms with Crippen molar-refractivity contribution in [2.24, 2.45) is 0 Å². The van der Waals surface area contributed by atoms with Crippen LogP contribution in [0.2, 0.25) is 0 Å². The zero-order valence-corrected chi connectivity index (χ0v) is 12.6. The number of benzene rings is 1. The van der Waals surface area contributed by atoms with Crippen molar-refractivity contribution in [1.29, 1.82) is 0 Å². The van der Waals surface area contributed by atoms with Crippen LogP contribution in [0.15, 0.2) is 35.8 Å². The fraction of sp³-hybridized carbons (Fsp3) is 0.400. The molecule has 0 saturated carbocycles. The number of nitrogens with zero attached hydrogens (tertiary/aromatic N) is 1. The van der Waals surface area contributed by atoms with E-state index < -0.39 is 6.61 Å². The van der Waals surface area contributed by atoms with E-state index in [1.807, 2.05) is 17.5 Å². The summed E-state index contributed by atoms with van der Waals surface area (Å²) < 4.78 is 29.7. The Hall–Kier alpha value is -1.53. The van der Waals surface area contributed by atoms with Gasteiger partial charge in [0.1, 0.15) is 5.75 Å². The molecule has 1 unspecified atom stereocenters. The molecule has 0 amide bonds. The zero-order chi connectivity index (χ0) is 15.1. The van der Waals surface area contributed by atoms with Crippen LogP contribution in [0.4, 0.5) is 8.78 Å². The molecular formula is C15H18F2N2OS. The second-order valence-electron chi connectivity index (χ2n) is 4.55. The minimum absolute atomic E-state index is 0.0916. The Morgan fingerprint density at radius 3 is 2.81 bits per heavy atom. The van der Waals surface area contributed by atoms with Gasteiger partial charge in [-0.25, -0.2) is 4.98 Å². The van der Waals surface area contributed by atoms with Crippen LogP contribution in [0.25, 0.3) is 0 Å². The summed E-state index contributed by atoms with van der Waals surface area (Å²) in [5.41, 5.74) is 0.737. The first-order valence-electron chi connectivity index (χ1n) is 6.86. The van der Waals surface area contributed by atoms with E-state index in [-0.39, 0.29) is 11.8 Å². The van der Waals surface area contributed by atoms with E-state index in [4.69, 9.17) is 0 Å². The molecule has 2 rings (SSSR count). The Labute approximate surface area is 127 Å². The van der Waals surface area contributed by atoms with E-state index in [9.17, 15) is 8.78 Å². The lowest BCUT2D eigenvalue weighted by Crippen LogP contribution is -2.25. The maximum absolute atomic E-state index is 12.5. The van der Waals surface area contributed by atoms with Crippen LogP contribution in [0.1, 0.15) is 30.0 Å². The number of nitrogens with one attached hydrogen (secondary N) is 1. The summed E-state index contributed by atoms with van der Waals surface area (Å²) in [6, 6.07) is 6.83. The van der Waals surface area contributed by atoms with Crippen LogP contribution in [0, 0.1) is 0 Å². The summed E-state index contributed by atoms with van der Waals surface area (Å²) in [6.07, 6.45) is 3.37. The van der Waals surface area contributed by atoms with Gasteiger partial charge in [0.2, 0.25) is 0 Å². The van der Waals surface area contributed by atoms with E-state index in [1.165, 1.54) is 0 Å². The molecule has 3 nitrogen and oxygen atoms in total. The Morgan fingerprint density at radius 1 is 1.33 bits per heavy atom. The quantitative estimate of drug-likeness (QED) is 0.799. The van der Waals surface area contributed by atoms with Crippen molar-refractivity contribution in [2.75, 3.05) is 6.54 Å². The standard InChI is InChI=1S/C15H18F2N2OS/c1-2-7-18-12(10-14-19-8-9-21-14)11-5-3-4-6-13(11)20-15(16)17/h3-6,8-9,12,15,18H,2,7,10H2,1H3. The Bertz CT molecular complexity index is 534. The maximum Gasteiger partial charge on any atom is 0.387 e. The van der Waals surface area contributed by atoms with Gasteiger partial charge < -0.3 is 10.1 Å². The molecule has 1 aromatic heterocycles. The zero-order valence-electron chi connectivity index (χ0n) is 11.8. The topological polar surface area (TPSA) is 34.2 Å². The minimum atomic E-state index is -2.82. The number of aromatic nitrogens is 1. The molecule has 1 heterocycles. The third kappa shape index (κ3) is 4.75. The van der Waals surface area contributed by atoms with Crippen molar-refractivity contribution in [3.8, 4) is 5.75 Å². The Balaban J connectivity index is 2.22. The number of halogens is 2. The van der Waals surface area contributed by atoms with Gasteiger partial charge in [-0.3, -0.25) is 0 Å². The predicted octanol–water partition coefficient (Wildman–Crippen LogP) is 4.03. The Morgan fingerprint density at radius 2 is 2.14 bits per heavy atom. The summed E-state index contributed by atoms with van der Waals surface area (Å²) in [6.45, 7) is 0.0477. The van der Waals surface area contributed by atoms with Gasteiger partial charge in [0.15, 0.2) is 0 Å². The molecule has 0 aliphatic rings. The second-order valence-corrected chi connectivity index (χ2v) is 5.53. The maximum atomic E-state index is 12.5. The molecule has 0 spiro atoms. The van der Waals surface area contributed by atoms with Crippen molar-refractivity contribution < 1.29 is 13.5 Å². The first-order chi connectivity index (χ1) is 10.2. The number of para-hydroxylation sites is 1. The first kappa shape index (κ1) is 15.9. The van der Waals surface area contributed by atoms with Gasteiger partial charge in [-0.2, -0.15) is 8.78 Å². The van der Waals surface area contributed by atoms with Gasteiger partial charge in [-0.1, -0.05) is 25.1 Å². The molecule has 21 heavy (non-hydrogen) atoms. The molecule has 0 radical (unpaired) electrons. The SMILES string of the molecule is CCCNC(Cc1nccs1)c1ccccc1OC(F)F. The minimum Gasteiger partial charge on any atom is -0.434 e. The highest BCUT2D eigenvalue weighted by Gasteiger charge is 2.19. The summed E-state index contributed by atoms with van der Waals surface area (Å²) in [7, 11) is 0. The number of alkyl halides is 2. The van der Waals surface area contributed by atoms with Crippen molar-refractivity contribution in [3.63, 3.8) is 0 Å². The molecule has 2 aromatic rings. The van der Waals surface area contributed by atoms with Gasteiger partial charge in [0, 0.05) is 29.6 Å². The molecule has 1 N–H and O–H groups in total. The molecule has 114 valence electrons. The molecule has 0 bridgehead atoms. The summed E-state index contributed by atoms with van der Waals surface area (Å²) >= 11 is 1.56. The van der Waals surface area contributed by atoms with Crippen LogP contribution in [-0.4, -0.2) is 18.1 Å². The number of ether oxygens (including phenoxy) is 1. The highest BCUT2D eigenvalue weighted by molar-refractivity contribution is 7.09. The van der Waals surface area contributed by atoms with Gasteiger partial charge in [-0.05, 0) is 19.0 Å². The second kappa shape index (κ2) is 8.05. The van der Waals surface area contributed by atoms with Gasteiger partial charge in [0.05, 0.1) is 5.01 Å². The van der Waals surface area contributed by atoms with Crippen molar-refractivity contribution in [2.45, 2.75) is 32.4 Å². The van der Waals surface area contributed by atoms with E-state index in [2.05, 4.69) is 22.0 Å². The van der Waals surface area contributed by atoms with Crippen molar-refractivity contribution in [1.82, 2.24) is 10.3 Å². The normalized spacial score (nSPS) is 12.6. The molecule has 0 fully saturated rings. The molecule has 0 aliphatic carbocycles. The summed E-state index contributed by atoms with van der Waals surface area (Å²) in [5.74, 6) is 0.220. The fourth-order valence-corrected chi connectivity index (χ4v) is 2.77. The van der Waals surface area contributed by atoms with E-state index in [0.717, 1.165) is 23.5 Å². The van der Waals surface area contributed by atoms with Crippen LogP contribution in [0.3, 0.4) is 0 Å². The smallest absolute Gasteiger partial charge is 0.387 e. The van der Waals surface area contributed by atoms with E-state index in [0.29, 0.717) is 6.42 Å². The molecule has 1 aromatic carbocycles. The van der Waals surface area contributed by atoms with Crippen molar-refractivity contribution in [3.05, 3.63) is 46.4 Å². The summed E-state index contributed by atoms with van der Waals surface area (Å²) in [4.78, 5) is 4.27. The number of hydrogen-bond donors (Lipinski definition) is 1. The average Bonchev–Trinajstić information content (AvgIpc) is 2.96. The summed E-state index contributed by atoms with van der Waals surface area (Å²) in [5, 5.41) is 6.26. The molecule has 1 atom stereocenters. The number of rotatable bonds is 8. The molecule has 6 heteroatoms. The average molecular weight is 312 g/mol. The lowest BCUT2D eigenvalue weighted by atomic mass is 10.0. The van der Waals surface area contributed by atoms with Crippen LogP contribution in [-0.2, 0) is 6.42 Å². The molecule has 0 saturated heterocycles. The monoisotopic (exact) mass is 312 g/mol. The van der Waals surface area contributed by atoms with Gasteiger partial charge in [0.25, 0.3) is 0 Å². The highest BCUT2D eigenvalue weighted by atomic mass is 32.1. The van der Waals surface area contributed by atoms with Crippen LogP contribution in [0.5, 0.6) is 5.75 Å². The molecule has 0 aliphatic heterocycles. The lowest BCUT2D eigenvalue weighted by Gasteiger charge is -2.21. The highest BCUT2D eigenvalue weighted by Crippen LogP contribution is 2.29. The van der Waals surface area contributed by atoms with Gasteiger partial charge >= 0.3 is 6.61 Å². The third-order valence-electron chi connectivity index (χ3n) is 3.01. The fourth-order valence-electron chi connectivity index (χ4n) is 2.11. The lowest BCUT2D eigenvalue weighted by molar-refractivity contribution is -0.0507. The first-order valence-corrected chi connectivity index (χ1v) is 7.74. The molecular weight excluding hydrogens is 294 g/mol. The predicted molar refractivity (Wildman–Crippen MR) is 79.9 cm³/mol. The largest absolute Gasteiger partial charge is 0.434 e. The number of hydrogen-bond acceptors (Lipinski definition) is 4. The van der Waals surface area contributed by atoms with Gasteiger partial charge in [-0.15, -0.1) is 11.3 Å². The van der Waals surface area contributed by atoms with E-state index in [1.54, 1.807) is 29.7 Å². The Kier molecular flexibility index (Phi) is 6.07. The van der Waals surface area contributed by atoms with E-state index >= 15 is 0 Å². The van der Waals surface area contributed by atoms with Crippen molar-refractivity contribution >= 4 is 11.3 Å². The number of thiazole rings is 1. The van der Waals surface area contributed by atoms with Crippen LogP contribution < -0.4 is 10.1 Å².